The standard InChI is InChI=1S/C26H18F6N2O5/c27-17-8-14-19(33(13-2-3-13)10-15(20(14)35)22(36)37)21(39-24(28)29)18(17)11-1-4-16-12(7-11)9-34(25(16)5-6-25)23(38)26(30,31)32/h1,4,7-8,10,13,24H,2-3,5-6,9H2,(H,36,37)/p-1. The molecule has 3 aliphatic rings. The summed E-state index contributed by atoms with van der Waals surface area (Å²) in [7, 11) is 0. The first-order valence-electron chi connectivity index (χ1n) is 11.9. The number of fused-ring (bicyclic) bond motifs is 3. The molecule has 0 saturated heterocycles. The van der Waals surface area contributed by atoms with Gasteiger partial charge in [0.2, 0.25) is 0 Å². The highest BCUT2D eigenvalue weighted by Crippen LogP contribution is 2.58. The summed E-state index contributed by atoms with van der Waals surface area (Å²) < 4.78 is 88.6. The molecule has 0 bridgehead atoms. The van der Waals surface area contributed by atoms with E-state index in [2.05, 4.69) is 0 Å². The van der Waals surface area contributed by atoms with E-state index in [1.54, 1.807) is 0 Å². The molecule has 7 nitrogen and oxygen atoms in total. The van der Waals surface area contributed by atoms with Gasteiger partial charge >= 0.3 is 18.7 Å². The number of alkyl halides is 5. The van der Waals surface area contributed by atoms with Gasteiger partial charge in [0.05, 0.1) is 33.5 Å². The molecule has 1 aliphatic heterocycles. The molecular formula is C26H17F6N2O5-. The summed E-state index contributed by atoms with van der Waals surface area (Å²) in [5.41, 5.74) is -3.04. The molecule has 3 aromatic rings. The summed E-state index contributed by atoms with van der Waals surface area (Å²) >= 11 is 0. The third kappa shape index (κ3) is 3.85. The highest BCUT2D eigenvalue weighted by molar-refractivity contribution is 5.97. The molecule has 13 heteroatoms. The normalized spacial score (nSPS) is 17.7. The Morgan fingerprint density at radius 3 is 2.38 bits per heavy atom. The minimum atomic E-state index is -5.10. The van der Waals surface area contributed by atoms with Crippen LogP contribution in [-0.2, 0) is 16.9 Å². The molecule has 0 radical (unpaired) electrons. The van der Waals surface area contributed by atoms with Gasteiger partial charge in [0, 0.05) is 18.8 Å². The van der Waals surface area contributed by atoms with Crippen molar-refractivity contribution in [3.8, 4) is 16.9 Å². The lowest BCUT2D eigenvalue weighted by molar-refractivity contribution is -0.255. The number of carbonyl (C=O) groups is 2. The zero-order valence-corrected chi connectivity index (χ0v) is 19.8. The van der Waals surface area contributed by atoms with Gasteiger partial charge in [-0.3, -0.25) is 9.59 Å². The molecule has 1 spiro atoms. The van der Waals surface area contributed by atoms with Gasteiger partial charge in [-0.2, -0.15) is 22.0 Å². The second kappa shape index (κ2) is 8.23. The Balaban J connectivity index is 1.57. The molecule has 2 aliphatic carbocycles. The predicted octanol–water partition coefficient (Wildman–Crippen LogP) is 4.00. The Bertz CT molecular complexity index is 1640. The Labute approximate surface area is 215 Å². The monoisotopic (exact) mass is 551 g/mol. The molecule has 2 aromatic carbocycles. The number of hydrogen-bond acceptors (Lipinski definition) is 5. The van der Waals surface area contributed by atoms with Gasteiger partial charge in [-0.15, -0.1) is 0 Å². The second-order valence-electron chi connectivity index (χ2n) is 9.93. The Morgan fingerprint density at radius 2 is 1.82 bits per heavy atom. The van der Waals surface area contributed by atoms with E-state index in [1.807, 2.05) is 0 Å². The fourth-order valence-electron chi connectivity index (χ4n) is 5.59. The lowest BCUT2D eigenvalue weighted by Crippen LogP contribution is -2.43. The van der Waals surface area contributed by atoms with Gasteiger partial charge < -0.3 is 24.1 Å². The van der Waals surface area contributed by atoms with Gasteiger partial charge in [0.1, 0.15) is 5.82 Å². The molecule has 0 unspecified atom stereocenters. The number of nitrogens with zero attached hydrogens (tertiary/aromatic N) is 2. The maximum Gasteiger partial charge on any atom is 0.471 e. The first-order chi connectivity index (χ1) is 18.3. The minimum Gasteiger partial charge on any atom is -0.545 e. The number of ether oxygens (including phenoxy) is 1. The fourth-order valence-corrected chi connectivity index (χ4v) is 5.59. The largest absolute Gasteiger partial charge is 0.545 e. The fraction of sp³-hybridized carbons (Fsp3) is 0.346. The maximum absolute atomic E-state index is 15.6. The molecule has 2 heterocycles. The van der Waals surface area contributed by atoms with Gasteiger partial charge in [-0.05, 0) is 54.5 Å². The van der Waals surface area contributed by atoms with E-state index in [0.29, 0.717) is 31.2 Å². The van der Waals surface area contributed by atoms with E-state index in [9.17, 15) is 41.4 Å². The molecular weight excluding hydrogens is 534 g/mol. The molecule has 204 valence electrons. The van der Waals surface area contributed by atoms with Crippen LogP contribution in [0.15, 0.2) is 35.3 Å². The van der Waals surface area contributed by atoms with Gasteiger partial charge in [-0.1, -0.05) is 12.1 Å². The number of hydrogen-bond donors (Lipinski definition) is 0. The lowest BCUT2D eigenvalue weighted by atomic mass is 9.95. The number of benzene rings is 2. The quantitative estimate of drug-likeness (QED) is 0.448. The molecule has 0 atom stereocenters. The van der Waals surface area contributed by atoms with Crippen molar-refractivity contribution < 1.29 is 45.8 Å². The summed E-state index contributed by atoms with van der Waals surface area (Å²) in [4.78, 5) is 37.2. The summed E-state index contributed by atoms with van der Waals surface area (Å²) in [6.45, 7) is -3.87. The number of aromatic carboxylic acids is 1. The number of carboxylic acids is 1. The molecule has 6 rings (SSSR count). The number of rotatable bonds is 5. The highest BCUT2D eigenvalue weighted by Gasteiger charge is 2.60. The number of carboxylic acid groups (broad SMARTS) is 1. The summed E-state index contributed by atoms with van der Waals surface area (Å²) in [5.74, 6) is -5.72. The zero-order valence-electron chi connectivity index (χ0n) is 19.8. The molecule has 1 amide bonds. The molecule has 2 saturated carbocycles. The lowest BCUT2D eigenvalue weighted by Gasteiger charge is -2.25. The number of aromatic nitrogens is 1. The summed E-state index contributed by atoms with van der Waals surface area (Å²) in [5, 5.41) is 11.0. The average molecular weight is 551 g/mol. The topological polar surface area (TPSA) is 91.7 Å². The van der Waals surface area contributed by atoms with E-state index in [4.69, 9.17) is 4.74 Å². The number of pyridine rings is 1. The van der Waals surface area contributed by atoms with Crippen molar-refractivity contribution in [1.29, 1.82) is 0 Å². The second-order valence-corrected chi connectivity index (χ2v) is 9.93. The van der Waals surface area contributed by atoms with Crippen LogP contribution in [0.5, 0.6) is 5.75 Å². The Morgan fingerprint density at radius 1 is 1.13 bits per heavy atom. The van der Waals surface area contributed by atoms with Crippen molar-refractivity contribution in [3.05, 3.63) is 63.2 Å². The van der Waals surface area contributed by atoms with Crippen molar-refractivity contribution in [2.24, 2.45) is 0 Å². The predicted molar refractivity (Wildman–Crippen MR) is 120 cm³/mol. The van der Waals surface area contributed by atoms with E-state index in [1.165, 1.54) is 22.8 Å². The summed E-state index contributed by atoms with van der Waals surface area (Å²) in [6.07, 6.45) is -2.46. The van der Waals surface area contributed by atoms with Crippen molar-refractivity contribution in [3.63, 3.8) is 0 Å². The first kappa shape index (κ1) is 25.3. The number of halogens is 6. The van der Waals surface area contributed by atoms with Crippen molar-refractivity contribution in [2.45, 2.75) is 56.6 Å². The molecule has 39 heavy (non-hydrogen) atoms. The van der Waals surface area contributed by atoms with Crippen LogP contribution in [0.25, 0.3) is 22.0 Å². The van der Waals surface area contributed by atoms with Crippen LogP contribution in [0, 0.1) is 5.82 Å². The van der Waals surface area contributed by atoms with Crippen LogP contribution < -0.4 is 15.3 Å². The van der Waals surface area contributed by atoms with E-state index in [0.717, 1.165) is 17.2 Å². The zero-order chi connectivity index (χ0) is 28.0. The first-order valence-corrected chi connectivity index (χ1v) is 11.9. The van der Waals surface area contributed by atoms with Crippen LogP contribution in [0.3, 0.4) is 0 Å². The van der Waals surface area contributed by atoms with E-state index in [-0.39, 0.29) is 22.7 Å². The van der Waals surface area contributed by atoms with Gasteiger partial charge in [-0.25, -0.2) is 4.39 Å². The van der Waals surface area contributed by atoms with Gasteiger partial charge in [0.15, 0.2) is 11.2 Å². The molecule has 1 aromatic heterocycles. The Hall–Kier alpha value is -4.03. The van der Waals surface area contributed by atoms with Gasteiger partial charge in [0.25, 0.3) is 0 Å². The van der Waals surface area contributed by atoms with E-state index < -0.39 is 70.3 Å². The van der Waals surface area contributed by atoms with Crippen LogP contribution >= 0.6 is 0 Å². The minimum absolute atomic E-state index is 0.0281. The average Bonchev–Trinajstić information content (AvgIpc) is 3.76. The molecule has 2 fully saturated rings. The van der Waals surface area contributed by atoms with Crippen molar-refractivity contribution in [2.75, 3.05) is 0 Å². The van der Waals surface area contributed by atoms with Crippen LogP contribution in [0.4, 0.5) is 26.3 Å². The van der Waals surface area contributed by atoms with E-state index >= 15 is 4.39 Å². The van der Waals surface area contributed by atoms with Crippen molar-refractivity contribution in [1.82, 2.24) is 9.47 Å². The highest BCUT2D eigenvalue weighted by atomic mass is 19.4. The van der Waals surface area contributed by atoms with Crippen LogP contribution in [0.2, 0.25) is 0 Å². The SMILES string of the molecule is O=C([O-])c1cn(C2CC2)c2c(OC(F)F)c(-c3ccc4c(c3)CN(C(=O)C(F)(F)F)C43CC3)c(F)cc2c1=O. The maximum atomic E-state index is 15.6. The number of amides is 1. The van der Waals surface area contributed by atoms with Crippen molar-refractivity contribution >= 4 is 22.8 Å². The third-order valence-electron chi connectivity index (χ3n) is 7.54. The summed E-state index contributed by atoms with van der Waals surface area (Å²) in [6, 6.07) is 4.45. The molecule has 0 N–H and O–H groups in total. The third-order valence-corrected chi connectivity index (χ3v) is 7.54. The van der Waals surface area contributed by atoms with Crippen LogP contribution in [0.1, 0.15) is 53.2 Å². The number of carbonyl (C=O) groups excluding carboxylic acids is 2. The Kier molecular flexibility index (Phi) is 5.33. The van der Waals surface area contributed by atoms with Crippen LogP contribution in [-0.4, -0.2) is 34.1 Å². The smallest absolute Gasteiger partial charge is 0.471 e.